The molecule has 18 heavy (non-hydrogen) atoms. The second-order valence-corrected chi connectivity index (χ2v) is 11.1. The molecule has 104 valence electrons. The smallest absolute Gasteiger partial charge is 0.127 e. The highest BCUT2D eigenvalue weighted by molar-refractivity contribution is 6.83. The van der Waals surface area contributed by atoms with Crippen LogP contribution < -0.4 is 0 Å². The summed E-state index contributed by atoms with van der Waals surface area (Å²) in [5.74, 6) is 3.26. The topological polar surface area (TPSA) is 0 Å². The van der Waals surface area contributed by atoms with Crippen molar-refractivity contribution in [2.24, 2.45) is 0 Å². The van der Waals surface area contributed by atoms with Gasteiger partial charge in [0.25, 0.3) is 0 Å². The van der Waals surface area contributed by atoms with Crippen LogP contribution in [0.3, 0.4) is 0 Å². The van der Waals surface area contributed by atoms with Crippen molar-refractivity contribution in [3.63, 3.8) is 0 Å². The Morgan fingerprint density at radius 1 is 0.889 bits per heavy atom. The fourth-order valence-electron chi connectivity index (χ4n) is 1.81. The molecular formula is C17H32Si. The highest BCUT2D eigenvalue weighted by Gasteiger charge is 2.07. The van der Waals surface area contributed by atoms with Crippen LogP contribution in [0.25, 0.3) is 0 Å². The second kappa shape index (κ2) is 10.4. The standard InChI is InChI=1S/C17H32Si/c1-6-7-8-9-10-11-12-13-14-17(2)15-16-18(3,4)5/h2,6-14H2,1,3-5H3. The molecule has 0 aliphatic rings. The Hall–Kier alpha value is -0.483. The van der Waals surface area contributed by atoms with Crippen molar-refractivity contribution >= 4 is 8.07 Å². The predicted molar refractivity (Wildman–Crippen MR) is 87.5 cm³/mol. The minimum absolute atomic E-state index is 1.10. The fourth-order valence-corrected chi connectivity index (χ4v) is 2.36. The maximum absolute atomic E-state index is 4.06. The van der Waals surface area contributed by atoms with Crippen molar-refractivity contribution in [3.8, 4) is 11.5 Å². The molecule has 0 aromatic carbocycles. The molecule has 1 heteroatoms. The molecule has 0 fully saturated rings. The lowest BCUT2D eigenvalue weighted by Crippen LogP contribution is -2.16. The Balaban J connectivity index is 3.43. The summed E-state index contributed by atoms with van der Waals surface area (Å²) in [5.41, 5.74) is 4.53. The number of unbranched alkanes of at least 4 members (excludes halogenated alkanes) is 7. The normalized spacial score (nSPS) is 10.9. The lowest BCUT2D eigenvalue weighted by atomic mass is 10.1. The second-order valence-electron chi connectivity index (χ2n) is 6.33. The predicted octanol–water partition coefficient (Wildman–Crippen LogP) is 5.95. The van der Waals surface area contributed by atoms with Crippen molar-refractivity contribution in [2.45, 2.75) is 84.4 Å². The van der Waals surface area contributed by atoms with Crippen LogP contribution in [0.2, 0.25) is 19.6 Å². The van der Waals surface area contributed by atoms with E-state index >= 15 is 0 Å². The monoisotopic (exact) mass is 264 g/mol. The quantitative estimate of drug-likeness (QED) is 0.274. The van der Waals surface area contributed by atoms with Gasteiger partial charge in [0, 0.05) is 0 Å². The van der Waals surface area contributed by atoms with Gasteiger partial charge in [-0.25, -0.2) is 0 Å². The van der Waals surface area contributed by atoms with Crippen LogP contribution in [-0.4, -0.2) is 8.07 Å². The molecular weight excluding hydrogens is 232 g/mol. The van der Waals surface area contributed by atoms with E-state index < -0.39 is 8.07 Å². The van der Waals surface area contributed by atoms with Crippen molar-refractivity contribution in [2.75, 3.05) is 0 Å². The SMILES string of the molecule is C=C(C#C[Si](C)(C)C)CCCCCCCCCC. The van der Waals surface area contributed by atoms with E-state index in [0.717, 1.165) is 12.0 Å². The van der Waals surface area contributed by atoms with Gasteiger partial charge in [0.15, 0.2) is 0 Å². The highest BCUT2D eigenvalue weighted by atomic mass is 28.3. The Kier molecular flexibility index (Phi) is 10.2. The van der Waals surface area contributed by atoms with E-state index in [1.807, 2.05) is 0 Å². The first-order valence-corrected chi connectivity index (χ1v) is 11.2. The Labute approximate surface area is 116 Å². The summed E-state index contributed by atoms with van der Waals surface area (Å²) in [6.07, 6.45) is 12.1. The zero-order valence-electron chi connectivity index (χ0n) is 13.1. The van der Waals surface area contributed by atoms with Gasteiger partial charge in [0.05, 0.1) is 0 Å². The van der Waals surface area contributed by atoms with Gasteiger partial charge in [-0.05, 0) is 18.4 Å². The molecule has 0 nitrogen and oxygen atoms in total. The van der Waals surface area contributed by atoms with Crippen LogP contribution >= 0.6 is 0 Å². The third kappa shape index (κ3) is 13.6. The minimum atomic E-state index is -1.22. The van der Waals surface area contributed by atoms with Gasteiger partial charge in [-0.15, -0.1) is 5.54 Å². The molecule has 0 aromatic rings. The first-order chi connectivity index (χ1) is 8.45. The maximum atomic E-state index is 4.06. The van der Waals surface area contributed by atoms with Crippen LogP contribution in [0.15, 0.2) is 12.2 Å². The summed E-state index contributed by atoms with van der Waals surface area (Å²) in [6, 6.07) is 0. The van der Waals surface area contributed by atoms with Gasteiger partial charge in [0.1, 0.15) is 8.07 Å². The van der Waals surface area contributed by atoms with Crippen molar-refractivity contribution < 1.29 is 0 Å². The third-order valence-electron chi connectivity index (χ3n) is 2.95. The fraction of sp³-hybridized carbons (Fsp3) is 0.765. The average Bonchev–Trinajstić information content (AvgIpc) is 2.29. The molecule has 0 heterocycles. The molecule has 0 unspecified atom stereocenters. The van der Waals surface area contributed by atoms with Crippen molar-refractivity contribution in [1.82, 2.24) is 0 Å². The molecule has 0 saturated heterocycles. The minimum Gasteiger partial charge on any atom is -0.127 e. The van der Waals surface area contributed by atoms with Gasteiger partial charge in [0.2, 0.25) is 0 Å². The average molecular weight is 265 g/mol. The molecule has 0 aromatic heterocycles. The lowest BCUT2D eigenvalue weighted by molar-refractivity contribution is 0.576. The van der Waals surface area contributed by atoms with E-state index in [-0.39, 0.29) is 0 Å². The molecule has 0 aliphatic carbocycles. The van der Waals surface area contributed by atoms with E-state index in [2.05, 4.69) is 44.6 Å². The summed E-state index contributed by atoms with van der Waals surface area (Å²) in [7, 11) is -1.22. The lowest BCUT2D eigenvalue weighted by Gasteiger charge is -2.04. The highest BCUT2D eigenvalue weighted by Crippen LogP contribution is 2.11. The van der Waals surface area contributed by atoms with E-state index in [1.165, 1.54) is 51.4 Å². The van der Waals surface area contributed by atoms with Crippen molar-refractivity contribution in [3.05, 3.63) is 12.2 Å². The van der Waals surface area contributed by atoms with Crippen LogP contribution in [0, 0.1) is 11.5 Å². The van der Waals surface area contributed by atoms with Gasteiger partial charge in [-0.1, -0.05) is 84.0 Å². The van der Waals surface area contributed by atoms with E-state index in [4.69, 9.17) is 0 Å². The van der Waals surface area contributed by atoms with Gasteiger partial charge >= 0.3 is 0 Å². The summed E-state index contributed by atoms with van der Waals surface area (Å²) in [4.78, 5) is 0. The summed E-state index contributed by atoms with van der Waals surface area (Å²) in [5, 5.41) is 0. The first kappa shape index (κ1) is 17.5. The van der Waals surface area contributed by atoms with Crippen LogP contribution in [-0.2, 0) is 0 Å². The number of hydrogen-bond donors (Lipinski definition) is 0. The summed E-state index contributed by atoms with van der Waals surface area (Å²) < 4.78 is 0. The number of hydrogen-bond acceptors (Lipinski definition) is 0. The largest absolute Gasteiger partial charge is 0.129 e. The molecule has 0 bridgehead atoms. The molecule has 0 rings (SSSR count). The number of allylic oxidation sites excluding steroid dienone is 1. The Bertz CT molecular complexity index is 272. The Morgan fingerprint density at radius 3 is 1.89 bits per heavy atom. The Morgan fingerprint density at radius 2 is 1.39 bits per heavy atom. The van der Waals surface area contributed by atoms with Gasteiger partial charge in [-0.3, -0.25) is 0 Å². The van der Waals surface area contributed by atoms with E-state index in [0.29, 0.717) is 0 Å². The molecule has 0 amide bonds. The molecule has 0 aliphatic heterocycles. The maximum Gasteiger partial charge on any atom is 0.129 e. The zero-order chi connectivity index (χ0) is 13.9. The first-order valence-electron chi connectivity index (χ1n) is 7.66. The zero-order valence-corrected chi connectivity index (χ0v) is 14.1. The number of rotatable bonds is 9. The summed E-state index contributed by atoms with van der Waals surface area (Å²) in [6.45, 7) is 13.2. The van der Waals surface area contributed by atoms with Crippen LogP contribution in [0.1, 0.15) is 64.7 Å². The van der Waals surface area contributed by atoms with E-state index in [1.54, 1.807) is 0 Å². The molecule has 0 N–H and O–H groups in total. The molecule has 0 spiro atoms. The molecule has 0 radical (unpaired) electrons. The van der Waals surface area contributed by atoms with Crippen LogP contribution in [0.4, 0.5) is 0 Å². The molecule has 0 atom stereocenters. The third-order valence-corrected chi connectivity index (χ3v) is 3.82. The summed E-state index contributed by atoms with van der Waals surface area (Å²) >= 11 is 0. The van der Waals surface area contributed by atoms with E-state index in [9.17, 15) is 0 Å². The van der Waals surface area contributed by atoms with Crippen LogP contribution in [0.5, 0.6) is 0 Å². The van der Waals surface area contributed by atoms with Gasteiger partial charge in [-0.2, -0.15) is 0 Å². The van der Waals surface area contributed by atoms with Gasteiger partial charge < -0.3 is 0 Å². The molecule has 0 saturated carbocycles. The van der Waals surface area contributed by atoms with Crippen molar-refractivity contribution in [1.29, 1.82) is 0 Å².